The van der Waals surface area contributed by atoms with E-state index in [2.05, 4.69) is 26.5 Å². The molecular weight excluding hydrogens is 330 g/mol. The van der Waals surface area contributed by atoms with E-state index in [1.807, 2.05) is 12.1 Å². The molecule has 1 aromatic carbocycles. The number of nitrogens with one attached hydrogen (secondary N) is 2. The highest BCUT2D eigenvalue weighted by Gasteiger charge is 2.17. The maximum absolute atomic E-state index is 12.6. The maximum Gasteiger partial charge on any atom is 0.277 e. The van der Waals surface area contributed by atoms with Gasteiger partial charge in [0.1, 0.15) is 0 Å². The van der Waals surface area contributed by atoms with Gasteiger partial charge in [-0.1, -0.05) is 0 Å². The van der Waals surface area contributed by atoms with Gasteiger partial charge in [-0.3, -0.25) is 9.63 Å². The minimum atomic E-state index is -0.132. The van der Waals surface area contributed by atoms with Crippen molar-refractivity contribution in [3.63, 3.8) is 0 Å². The van der Waals surface area contributed by atoms with Crippen LogP contribution in [0, 0.1) is 0 Å². The van der Waals surface area contributed by atoms with Crippen LogP contribution in [0.4, 0.5) is 11.4 Å². The molecule has 0 atom stereocenters. The maximum atomic E-state index is 12.6. The summed E-state index contributed by atoms with van der Waals surface area (Å²) in [6.07, 6.45) is 2.61. The van der Waals surface area contributed by atoms with Gasteiger partial charge >= 0.3 is 0 Å². The fourth-order valence-electron chi connectivity index (χ4n) is 3.57. The summed E-state index contributed by atoms with van der Waals surface area (Å²) in [5.74, 6) is -0.132. The van der Waals surface area contributed by atoms with Crippen LogP contribution in [0.2, 0.25) is 0 Å². The van der Waals surface area contributed by atoms with Crippen LogP contribution in [0.1, 0.15) is 23.2 Å². The van der Waals surface area contributed by atoms with Gasteiger partial charge in [-0.15, -0.1) is 0 Å². The third-order valence-electron chi connectivity index (χ3n) is 5.16. The Morgan fingerprint density at radius 1 is 1.19 bits per heavy atom. The molecule has 26 heavy (non-hydrogen) atoms. The number of hydrogen-bond donors (Lipinski definition) is 2. The van der Waals surface area contributed by atoms with Crippen LogP contribution >= 0.6 is 0 Å². The summed E-state index contributed by atoms with van der Waals surface area (Å²) in [7, 11) is 3.15. The lowest BCUT2D eigenvalue weighted by molar-refractivity contribution is -0.0756. The topological polar surface area (TPSA) is 60.1 Å². The molecule has 2 saturated heterocycles. The quantitative estimate of drug-likeness (QED) is 0.713. The summed E-state index contributed by atoms with van der Waals surface area (Å²) in [5.41, 5.74) is 2.73. The minimum Gasteiger partial charge on any atom is -0.384 e. The van der Waals surface area contributed by atoms with Crippen molar-refractivity contribution in [2.45, 2.75) is 12.8 Å². The SMILES string of the molecule is CON(C)C(=O)c1cc(NCCN2CCCC2)cc(N2CCNCC2)c1. The van der Waals surface area contributed by atoms with E-state index in [0.717, 1.165) is 50.6 Å². The summed E-state index contributed by atoms with van der Waals surface area (Å²) in [6.45, 7) is 8.16. The number of rotatable bonds is 7. The van der Waals surface area contributed by atoms with E-state index in [4.69, 9.17) is 4.84 Å². The normalized spacial score (nSPS) is 18.2. The largest absolute Gasteiger partial charge is 0.384 e. The van der Waals surface area contributed by atoms with E-state index in [-0.39, 0.29) is 5.91 Å². The van der Waals surface area contributed by atoms with Gasteiger partial charge in [0.15, 0.2) is 0 Å². The van der Waals surface area contributed by atoms with Crippen molar-refractivity contribution in [1.29, 1.82) is 0 Å². The molecule has 0 spiro atoms. The fraction of sp³-hybridized carbons (Fsp3) is 0.632. The molecule has 0 saturated carbocycles. The predicted octanol–water partition coefficient (Wildman–Crippen LogP) is 1.24. The monoisotopic (exact) mass is 361 g/mol. The number of hydroxylamine groups is 2. The Kier molecular flexibility index (Phi) is 6.71. The first-order valence-electron chi connectivity index (χ1n) is 9.56. The van der Waals surface area contributed by atoms with Crippen molar-refractivity contribution in [3.05, 3.63) is 23.8 Å². The molecule has 2 aliphatic heterocycles. The molecular formula is C19H31N5O2. The van der Waals surface area contributed by atoms with Gasteiger partial charge in [0.2, 0.25) is 0 Å². The number of carbonyl (C=O) groups excluding carboxylic acids is 1. The summed E-state index contributed by atoms with van der Waals surface area (Å²) in [6, 6.07) is 6.04. The zero-order valence-corrected chi connectivity index (χ0v) is 16.0. The molecule has 144 valence electrons. The first-order valence-corrected chi connectivity index (χ1v) is 9.56. The van der Waals surface area contributed by atoms with Crippen LogP contribution in [0.25, 0.3) is 0 Å². The molecule has 2 aliphatic rings. The van der Waals surface area contributed by atoms with Crippen LogP contribution in [0.3, 0.4) is 0 Å². The second kappa shape index (κ2) is 9.21. The van der Waals surface area contributed by atoms with Crippen LogP contribution < -0.4 is 15.5 Å². The number of benzene rings is 1. The van der Waals surface area contributed by atoms with Gasteiger partial charge in [-0.05, 0) is 44.1 Å². The summed E-state index contributed by atoms with van der Waals surface area (Å²) >= 11 is 0. The molecule has 0 aliphatic carbocycles. The summed E-state index contributed by atoms with van der Waals surface area (Å²) < 4.78 is 0. The second-order valence-electron chi connectivity index (χ2n) is 6.97. The highest BCUT2D eigenvalue weighted by molar-refractivity contribution is 5.95. The molecule has 7 heteroatoms. The molecule has 2 heterocycles. The van der Waals surface area contributed by atoms with E-state index < -0.39 is 0 Å². The molecule has 0 radical (unpaired) electrons. The Balaban J connectivity index is 1.73. The molecule has 0 aromatic heterocycles. The van der Waals surface area contributed by atoms with Crippen molar-refractivity contribution in [2.75, 3.05) is 76.7 Å². The molecule has 0 bridgehead atoms. The van der Waals surface area contributed by atoms with Gasteiger partial charge in [0, 0.05) is 63.3 Å². The zero-order chi connectivity index (χ0) is 18.4. The van der Waals surface area contributed by atoms with Crippen molar-refractivity contribution >= 4 is 17.3 Å². The van der Waals surface area contributed by atoms with Gasteiger partial charge in [0.25, 0.3) is 5.91 Å². The van der Waals surface area contributed by atoms with Gasteiger partial charge in [-0.2, -0.15) is 0 Å². The summed E-state index contributed by atoms with van der Waals surface area (Å²) in [5, 5.41) is 8.15. The van der Waals surface area contributed by atoms with Crippen LogP contribution in [0.15, 0.2) is 18.2 Å². The highest BCUT2D eigenvalue weighted by Crippen LogP contribution is 2.24. The first kappa shape index (κ1) is 18.9. The number of nitrogens with zero attached hydrogens (tertiary/aromatic N) is 3. The number of likely N-dealkylation sites (tertiary alicyclic amines) is 1. The van der Waals surface area contributed by atoms with Crippen molar-refractivity contribution in [3.8, 4) is 0 Å². The average Bonchev–Trinajstić information content (AvgIpc) is 3.20. The number of piperazine rings is 1. The van der Waals surface area contributed by atoms with Gasteiger partial charge < -0.3 is 20.4 Å². The second-order valence-corrected chi connectivity index (χ2v) is 6.97. The minimum absolute atomic E-state index is 0.132. The summed E-state index contributed by atoms with van der Waals surface area (Å²) in [4.78, 5) is 22.5. The van der Waals surface area contributed by atoms with Crippen LogP contribution in [-0.2, 0) is 4.84 Å². The van der Waals surface area contributed by atoms with E-state index in [0.29, 0.717) is 5.56 Å². The molecule has 2 N–H and O–H groups in total. The van der Waals surface area contributed by atoms with Crippen molar-refractivity contribution in [1.82, 2.24) is 15.3 Å². The molecule has 2 fully saturated rings. The van der Waals surface area contributed by atoms with Gasteiger partial charge in [-0.25, -0.2) is 5.06 Å². The molecule has 0 unspecified atom stereocenters. The number of carbonyl (C=O) groups is 1. The van der Waals surface area contributed by atoms with Gasteiger partial charge in [0.05, 0.1) is 7.11 Å². The van der Waals surface area contributed by atoms with Crippen LogP contribution in [-0.4, -0.2) is 82.4 Å². The Labute approximate surface area is 156 Å². The molecule has 1 aromatic rings. The highest BCUT2D eigenvalue weighted by atomic mass is 16.7. The zero-order valence-electron chi connectivity index (χ0n) is 16.0. The van der Waals surface area contributed by atoms with E-state index in [9.17, 15) is 4.79 Å². The number of amides is 1. The number of hydrogen-bond acceptors (Lipinski definition) is 6. The van der Waals surface area contributed by atoms with Crippen LogP contribution in [0.5, 0.6) is 0 Å². The Morgan fingerprint density at radius 2 is 1.92 bits per heavy atom. The molecule has 7 nitrogen and oxygen atoms in total. The lowest BCUT2D eigenvalue weighted by atomic mass is 10.1. The fourth-order valence-corrected chi connectivity index (χ4v) is 3.57. The third kappa shape index (κ3) is 4.87. The van der Waals surface area contributed by atoms with E-state index in [1.54, 1.807) is 7.05 Å². The lowest BCUT2D eigenvalue weighted by Gasteiger charge is -2.30. The lowest BCUT2D eigenvalue weighted by Crippen LogP contribution is -2.43. The average molecular weight is 361 g/mol. The Hall–Kier alpha value is -1.83. The number of anilines is 2. The standard InChI is InChI=1S/C19H31N5O2/c1-22(26-2)19(25)16-13-17(21-7-10-23-8-3-4-9-23)15-18(14-16)24-11-5-20-6-12-24/h13-15,20-21H,3-12H2,1-2H3. The third-order valence-corrected chi connectivity index (χ3v) is 5.16. The predicted molar refractivity (Wildman–Crippen MR) is 105 cm³/mol. The van der Waals surface area contributed by atoms with E-state index >= 15 is 0 Å². The van der Waals surface area contributed by atoms with E-state index in [1.165, 1.54) is 38.1 Å². The Bertz CT molecular complexity index is 598. The first-order chi connectivity index (χ1) is 12.7. The Morgan fingerprint density at radius 3 is 2.62 bits per heavy atom. The van der Waals surface area contributed by atoms with Crippen molar-refractivity contribution < 1.29 is 9.63 Å². The molecule has 1 amide bonds. The molecule has 3 rings (SSSR count). The van der Waals surface area contributed by atoms with Crippen molar-refractivity contribution in [2.24, 2.45) is 0 Å². The smallest absolute Gasteiger partial charge is 0.277 e.